The molecule has 1 saturated heterocycles. The van der Waals surface area contributed by atoms with Crippen LogP contribution in [-0.2, 0) is 11.8 Å². The molecule has 0 amide bonds. The van der Waals surface area contributed by atoms with Crippen molar-refractivity contribution in [2.75, 3.05) is 13.2 Å². The molecule has 0 aliphatic carbocycles. The van der Waals surface area contributed by atoms with E-state index in [0.29, 0.717) is 12.0 Å². The second kappa shape index (κ2) is 4.20. The number of aryl methyl sites for hydroxylation is 2. The summed E-state index contributed by atoms with van der Waals surface area (Å²) in [4.78, 5) is 3.27. The number of aromatic amines is 1. The molecule has 2 atom stereocenters. The Labute approximate surface area is 111 Å². The van der Waals surface area contributed by atoms with E-state index in [4.69, 9.17) is 17.0 Å². The Morgan fingerprint density at radius 2 is 2.33 bits per heavy atom. The van der Waals surface area contributed by atoms with Gasteiger partial charge in [0, 0.05) is 25.6 Å². The zero-order chi connectivity index (χ0) is 12.9. The lowest BCUT2D eigenvalue weighted by Gasteiger charge is -2.20. The number of rotatable bonds is 2. The summed E-state index contributed by atoms with van der Waals surface area (Å²) in [7, 11) is 1.96. The van der Waals surface area contributed by atoms with Gasteiger partial charge in [0.15, 0.2) is 10.4 Å². The second-order valence-electron chi connectivity index (χ2n) is 5.07. The number of H-pyrrole nitrogens is 1. The first-order valence-corrected chi connectivity index (χ1v) is 6.72. The van der Waals surface area contributed by atoms with E-state index in [1.807, 2.05) is 18.7 Å². The van der Waals surface area contributed by atoms with Gasteiger partial charge in [-0.25, -0.2) is 0 Å². The van der Waals surface area contributed by atoms with Crippen LogP contribution in [0.25, 0.3) is 11.2 Å². The lowest BCUT2D eigenvalue weighted by atomic mass is 10.0. The predicted octanol–water partition coefficient (Wildman–Crippen LogP) is 2.34. The monoisotopic (exact) mass is 266 g/mol. The molecule has 18 heavy (non-hydrogen) atoms. The molecule has 2 aromatic rings. The Bertz CT molecular complexity index is 632. The van der Waals surface area contributed by atoms with Crippen LogP contribution in [0, 0.1) is 17.6 Å². The van der Waals surface area contributed by atoms with Crippen LogP contribution in [0.4, 0.5) is 0 Å². The van der Waals surface area contributed by atoms with Crippen molar-refractivity contribution in [3.63, 3.8) is 0 Å². The van der Waals surface area contributed by atoms with Crippen molar-refractivity contribution in [1.82, 2.24) is 19.3 Å². The first-order chi connectivity index (χ1) is 8.59. The van der Waals surface area contributed by atoms with Gasteiger partial charge in [0.1, 0.15) is 5.52 Å². The fourth-order valence-electron chi connectivity index (χ4n) is 2.85. The van der Waals surface area contributed by atoms with Crippen LogP contribution in [0.5, 0.6) is 0 Å². The first-order valence-electron chi connectivity index (χ1n) is 6.31. The van der Waals surface area contributed by atoms with Gasteiger partial charge in [0.05, 0.1) is 12.3 Å². The summed E-state index contributed by atoms with van der Waals surface area (Å²) in [5.41, 5.74) is 3.12. The number of hydrogen-bond donors (Lipinski definition) is 1. The minimum atomic E-state index is 0.337. The number of nitrogens with zero attached hydrogens (tertiary/aromatic N) is 3. The van der Waals surface area contributed by atoms with Crippen molar-refractivity contribution in [3.8, 4) is 0 Å². The van der Waals surface area contributed by atoms with Crippen molar-refractivity contribution < 1.29 is 4.74 Å². The van der Waals surface area contributed by atoms with Gasteiger partial charge < -0.3 is 9.72 Å². The molecule has 0 spiro atoms. The molecule has 2 unspecified atom stereocenters. The zero-order valence-corrected chi connectivity index (χ0v) is 11.8. The number of hydrogen-bond acceptors (Lipinski definition) is 3. The van der Waals surface area contributed by atoms with Crippen LogP contribution in [0.2, 0.25) is 0 Å². The molecule has 0 saturated carbocycles. The Balaban J connectivity index is 2.15. The smallest absolute Gasteiger partial charge is 0.179 e. The van der Waals surface area contributed by atoms with Crippen molar-refractivity contribution in [2.45, 2.75) is 26.3 Å². The van der Waals surface area contributed by atoms with E-state index < -0.39 is 0 Å². The predicted molar refractivity (Wildman–Crippen MR) is 72.3 cm³/mol. The maximum atomic E-state index is 5.48. The molecular formula is C12H18N4OS. The molecular weight excluding hydrogens is 248 g/mol. The quantitative estimate of drug-likeness (QED) is 0.849. The molecule has 1 aliphatic heterocycles. The van der Waals surface area contributed by atoms with Crippen molar-refractivity contribution in [3.05, 3.63) is 10.5 Å². The molecule has 5 nitrogen and oxygen atoms in total. The average molecular weight is 266 g/mol. The summed E-state index contributed by atoms with van der Waals surface area (Å²) in [6.45, 7) is 5.90. The number of imidazole rings is 1. The van der Waals surface area contributed by atoms with E-state index >= 15 is 0 Å². The van der Waals surface area contributed by atoms with Gasteiger partial charge in [-0.3, -0.25) is 9.25 Å². The molecule has 1 N–H and O–H groups in total. The topological polar surface area (TPSA) is 47.8 Å². The van der Waals surface area contributed by atoms with Gasteiger partial charge >= 0.3 is 0 Å². The van der Waals surface area contributed by atoms with Gasteiger partial charge in [-0.1, -0.05) is 0 Å². The van der Waals surface area contributed by atoms with Gasteiger partial charge in [0.25, 0.3) is 0 Å². The minimum absolute atomic E-state index is 0.337. The van der Waals surface area contributed by atoms with E-state index in [1.54, 1.807) is 0 Å². The molecule has 0 bridgehead atoms. The molecule has 98 valence electrons. The standard InChI is InChI=1S/C12H18N4OS/c1-7-10-11(15(3)14-7)16(12(18)13-10)8(2)9-4-5-17-6-9/h8-9H,4-6H2,1-3H3,(H,13,18). The molecule has 0 radical (unpaired) electrons. The Morgan fingerprint density at radius 1 is 1.56 bits per heavy atom. The minimum Gasteiger partial charge on any atom is -0.381 e. The third kappa shape index (κ3) is 1.63. The molecule has 2 aromatic heterocycles. The number of fused-ring (bicyclic) bond motifs is 1. The van der Waals surface area contributed by atoms with Crippen LogP contribution in [0.1, 0.15) is 25.1 Å². The summed E-state index contributed by atoms with van der Waals surface area (Å²) in [5.74, 6) is 0.533. The Kier molecular flexibility index (Phi) is 2.79. The van der Waals surface area contributed by atoms with Crippen LogP contribution >= 0.6 is 12.2 Å². The third-order valence-corrected chi connectivity index (χ3v) is 4.22. The summed E-state index contributed by atoms with van der Waals surface area (Å²) in [6.07, 6.45) is 1.10. The zero-order valence-electron chi connectivity index (χ0n) is 10.9. The van der Waals surface area contributed by atoms with Crippen LogP contribution in [-0.4, -0.2) is 32.5 Å². The van der Waals surface area contributed by atoms with Gasteiger partial charge in [-0.2, -0.15) is 5.10 Å². The molecule has 1 fully saturated rings. The number of ether oxygens (including phenoxy) is 1. The van der Waals surface area contributed by atoms with Gasteiger partial charge in [0.2, 0.25) is 0 Å². The fraction of sp³-hybridized carbons (Fsp3) is 0.667. The summed E-state index contributed by atoms with van der Waals surface area (Å²) < 4.78 is 10.4. The largest absolute Gasteiger partial charge is 0.381 e. The Hall–Kier alpha value is -1.14. The average Bonchev–Trinajstić information content (AvgIpc) is 2.98. The van der Waals surface area contributed by atoms with Crippen molar-refractivity contribution >= 4 is 23.4 Å². The number of aromatic nitrogens is 4. The third-order valence-electron chi connectivity index (χ3n) is 3.93. The van der Waals surface area contributed by atoms with Crippen LogP contribution in [0.3, 0.4) is 0 Å². The summed E-state index contributed by atoms with van der Waals surface area (Å²) in [6, 6.07) is 0.337. The van der Waals surface area contributed by atoms with Crippen LogP contribution < -0.4 is 0 Å². The van der Waals surface area contributed by atoms with Crippen molar-refractivity contribution in [1.29, 1.82) is 0 Å². The lowest BCUT2D eigenvalue weighted by molar-refractivity contribution is 0.175. The maximum Gasteiger partial charge on any atom is 0.179 e. The lowest BCUT2D eigenvalue weighted by Crippen LogP contribution is -2.18. The van der Waals surface area contributed by atoms with Gasteiger partial charge in [-0.05, 0) is 32.5 Å². The van der Waals surface area contributed by atoms with Gasteiger partial charge in [-0.15, -0.1) is 0 Å². The summed E-state index contributed by atoms with van der Waals surface area (Å²) in [5, 5.41) is 4.45. The first kappa shape index (κ1) is 11.9. The highest BCUT2D eigenvalue weighted by Crippen LogP contribution is 2.30. The molecule has 3 heterocycles. The highest BCUT2D eigenvalue weighted by atomic mass is 32.1. The Morgan fingerprint density at radius 3 is 3.00 bits per heavy atom. The van der Waals surface area contributed by atoms with E-state index in [0.717, 1.165) is 41.3 Å². The summed E-state index contributed by atoms with van der Waals surface area (Å²) >= 11 is 5.46. The fourth-order valence-corrected chi connectivity index (χ4v) is 3.21. The molecule has 3 rings (SSSR count). The van der Waals surface area contributed by atoms with E-state index in [2.05, 4.69) is 21.6 Å². The SMILES string of the molecule is Cc1nn(C)c2c1[nH]c(=S)n2C(C)C1CCOC1. The van der Waals surface area contributed by atoms with Crippen LogP contribution in [0.15, 0.2) is 0 Å². The molecule has 6 heteroatoms. The molecule has 0 aromatic carbocycles. The van der Waals surface area contributed by atoms with E-state index in [1.165, 1.54) is 0 Å². The number of nitrogens with one attached hydrogen (secondary N) is 1. The van der Waals surface area contributed by atoms with E-state index in [9.17, 15) is 0 Å². The normalized spacial score (nSPS) is 21.8. The maximum absolute atomic E-state index is 5.48. The van der Waals surface area contributed by atoms with Crippen molar-refractivity contribution in [2.24, 2.45) is 13.0 Å². The molecule has 1 aliphatic rings. The second-order valence-corrected chi connectivity index (χ2v) is 5.46. The van der Waals surface area contributed by atoms with E-state index in [-0.39, 0.29) is 0 Å². The highest BCUT2D eigenvalue weighted by Gasteiger charge is 2.26. The highest BCUT2D eigenvalue weighted by molar-refractivity contribution is 7.71.